The van der Waals surface area contributed by atoms with Gasteiger partial charge in [-0.1, -0.05) is 30.3 Å². The van der Waals surface area contributed by atoms with Gasteiger partial charge in [-0.05, 0) is 5.56 Å². The van der Waals surface area contributed by atoms with Crippen molar-refractivity contribution in [3.63, 3.8) is 0 Å². The van der Waals surface area contributed by atoms with Gasteiger partial charge in [0.2, 0.25) is 0 Å². The van der Waals surface area contributed by atoms with E-state index in [0.29, 0.717) is 13.2 Å². The topological polar surface area (TPSA) is 46.6 Å². The summed E-state index contributed by atoms with van der Waals surface area (Å²) in [6, 6.07) is 10.2. The number of nitrogens with zero attached hydrogens (tertiary/aromatic N) is 1. The van der Waals surface area contributed by atoms with Crippen molar-refractivity contribution in [2.75, 3.05) is 31.7 Å². The van der Waals surface area contributed by atoms with Crippen LogP contribution in [-0.4, -0.2) is 51.1 Å². The monoisotopic (exact) mass is 269 g/mol. The Balaban J connectivity index is 1.91. The second-order valence-electron chi connectivity index (χ2n) is 4.81. The molecule has 1 saturated heterocycles. The van der Waals surface area contributed by atoms with Crippen molar-refractivity contribution >= 4 is 9.84 Å². The van der Waals surface area contributed by atoms with Crippen molar-refractivity contribution in [2.45, 2.75) is 12.6 Å². The van der Waals surface area contributed by atoms with E-state index in [0.717, 1.165) is 13.1 Å². The van der Waals surface area contributed by atoms with Crippen LogP contribution >= 0.6 is 0 Å². The van der Waals surface area contributed by atoms with Gasteiger partial charge in [0, 0.05) is 25.9 Å². The zero-order chi connectivity index (χ0) is 13.0. The van der Waals surface area contributed by atoms with Crippen LogP contribution in [0.15, 0.2) is 30.3 Å². The van der Waals surface area contributed by atoms with E-state index in [2.05, 4.69) is 17.0 Å². The van der Waals surface area contributed by atoms with E-state index in [1.165, 1.54) is 11.8 Å². The van der Waals surface area contributed by atoms with E-state index < -0.39 is 9.84 Å². The minimum atomic E-state index is -2.97. The van der Waals surface area contributed by atoms with Gasteiger partial charge in [0.25, 0.3) is 0 Å². The van der Waals surface area contributed by atoms with Crippen LogP contribution in [0.4, 0.5) is 0 Å². The van der Waals surface area contributed by atoms with Crippen LogP contribution in [0.5, 0.6) is 0 Å². The average Bonchev–Trinajstić information content (AvgIpc) is 2.28. The fourth-order valence-corrected chi connectivity index (χ4v) is 3.08. The molecule has 1 aromatic rings. The third-order valence-electron chi connectivity index (χ3n) is 2.96. The maximum absolute atomic E-state index is 11.3. The molecule has 0 spiro atoms. The Morgan fingerprint density at radius 3 is 2.72 bits per heavy atom. The quantitative estimate of drug-likeness (QED) is 0.816. The Hall–Kier alpha value is -0.910. The highest BCUT2D eigenvalue weighted by molar-refractivity contribution is 7.90. The lowest BCUT2D eigenvalue weighted by Gasteiger charge is -2.32. The maximum Gasteiger partial charge on any atom is 0.150 e. The van der Waals surface area contributed by atoms with Crippen LogP contribution < -0.4 is 0 Å². The van der Waals surface area contributed by atoms with E-state index in [4.69, 9.17) is 4.74 Å². The Kier molecular flexibility index (Phi) is 4.37. The molecule has 0 saturated carbocycles. The fourth-order valence-electron chi connectivity index (χ4n) is 2.20. The molecule has 100 valence electrons. The molecule has 0 aromatic heterocycles. The molecular formula is C13H19NO3S. The number of rotatable bonds is 4. The summed E-state index contributed by atoms with van der Waals surface area (Å²) in [5.41, 5.74) is 1.25. The second-order valence-corrected chi connectivity index (χ2v) is 6.99. The van der Waals surface area contributed by atoms with Crippen LogP contribution in [0.25, 0.3) is 0 Å². The predicted octanol–water partition coefficient (Wildman–Crippen LogP) is 0.932. The molecule has 2 rings (SSSR count). The molecule has 1 aliphatic rings. The molecule has 0 unspecified atom stereocenters. The van der Waals surface area contributed by atoms with Crippen LogP contribution in [0.3, 0.4) is 0 Å². The molecule has 1 fully saturated rings. The Bertz CT molecular complexity index is 472. The molecule has 5 heteroatoms. The van der Waals surface area contributed by atoms with Crippen molar-refractivity contribution < 1.29 is 13.2 Å². The molecule has 0 N–H and O–H groups in total. The lowest BCUT2D eigenvalue weighted by atomic mass is 10.2. The largest absolute Gasteiger partial charge is 0.374 e. The zero-order valence-electron chi connectivity index (χ0n) is 10.6. The van der Waals surface area contributed by atoms with E-state index in [1.54, 1.807) is 0 Å². The standard InChI is InChI=1S/C13H19NO3S/c1-18(15,16)11-13-10-14(7-8-17-13)9-12-5-3-2-4-6-12/h2-6,13H,7-11H2,1H3/t13-/m1/s1. The first kappa shape index (κ1) is 13.5. The lowest BCUT2D eigenvalue weighted by molar-refractivity contribution is -0.0194. The van der Waals surface area contributed by atoms with E-state index in [-0.39, 0.29) is 11.9 Å². The first-order valence-corrected chi connectivity index (χ1v) is 8.14. The van der Waals surface area contributed by atoms with Crippen molar-refractivity contribution in [3.8, 4) is 0 Å². The molecule has 1 aromatic carbocycles. The molecule has 1 aliphatic heterocycles. The van der Waals surface area contributed by atoms with Gasteiger partial charge in [-0.15, -0.1) is 0 Å². The number of sulfone groups is 1. The average molecular weight is 269 g/mol. The number of morpholine rings is 1. The normalized spacial score (nSPS) is 21.9. The van der Waals surface area contributed by atoms with Gasteiger partial charge in [0.05, 0.1) is 18.5 Å². The SMILES string of the molecule is CS(=O)(=O)C[C@H]1CN(Cc2ccccc2)CCO1. The minimum Gasteiger partial charge on any atom is -0.374 e. The molecule has 1 heterocycles. The third-order valence-corrected chi connectivity index (χ3v) is 3.94. The van der Waals surface area contributed by atoms with Crippen molar-refractivity contribution in [1.82, 2.24) is 4.90 Å². The number of benzene rings is 1. The molecule has 0 bridgehead atoms. The summed E-state index contributed by atoms with van der Waals surface area (Å²) in [6.07, 6.45) is 1.06. The third kappa shape index (κ3) is 4.40. The van der Waals surface area contributed by atoms with Gasteiger partial charge >= 0.3 is 0 Å². The van der Waals surface area contributed by atoms with Crippen molar-refractivity contribution in [1.29, 1.82) is 0 Å². The van der Waals surface area contributed by atoms with Crippen LogP contribution in [0, 0.1) is 0 Å². The lowest BCUT2D eigenvalue weighted by Crippen LogP contribution is -2.44. The first-order valence-electron chi connectivity index (χ1n) is 6.08. The molecule has 0 aliphatic carbocycles. The molecular weight excluding hydrogens is 250 g/mol. The predicted molar refractivity (Wildman–Crippen MR) is 71.2 cm³/mol. The number of hydrogen-bond donors (Lipinski definition) is 0. The molecule has 4 nitrogen and oxygen atoms in total. The van der Waals surface area contributed by atoms with Crippen LogP contribution in [-0.2, 0) is 21.1 Å². The summed E-state index contributed by atoms with van der Waals surface area (Å²) in [7, 11) is -2.97. The van der Waals surface area contributed by atoms with Crippen molar-refractivity contribution in [3.05, 3.63) is 35.9 Å². The van der Waals surface area contributed by atoms with Gasteiger partial charge in [0.15, 0.2) is 0 Å². The Labute approximate surface area is 108 Å². The van der Waals surface area contributed by atoms with Gasteiger partial charge in [0.1, 0.15) is 9.84 Å². The maximum atomic E-state index is 11.3. The molecule has 18 heavy (non-hydrogen) atoms. The molecule has 1 atom stereocenters. The zero-order valence-corrected chi connectivity index (χ0v) is 11.4. The summed E-state index contributed by atoms with van der Waals surface area (Å²) >= 11 is 0. The highest BCUT2D eigenvalue weighted by Crippen LogP contribution is 2.11. The molecule has 0 radical (unpaired) electrons. The summed E-state index contributed by atoms with van der Waals surface area (Å²) in [5.74, 6) is 0.109. The highest BCUT2D eigenvalue weighted by atomic mass is 32.2. The van der Waals surface area contributed by atoms with E-state index >= 15 is 0 Å². The summed E-state index contributed by atoms with van der Waals surface area (Å²) in [4.78, 5) is 2.24. The summed E-state index contributed by atoms with van der Waals surface area (Å²) < 4.78 is 28.0. The van der Waals surface area contributed by atoms with E-state index in [1.807, 2.05) is 18.2 Å². The second kappa shape index (κ2) is 5.82. The first-order chi connectivity index (χ1) is 8.53. The molecule has 0 amide bonds. The minimum absolute atomic E-state index is 0.109. The van der Waals surface area contributed by atoms with Gasteiger partial charge in [-0.25, -0.2) is 8.42 Å². The number of ether oxygens (including phenoxy) is 1. The summed E-state index contributed by atoms with van der Waals surface area (Å²) in [6.45, 7) is 2.99. The highest BCUT2D eigenvalue weighted by Gasteiger charge is 2.23. The Morgan fingerprint density at radius 2 is 2.06 bits per heavy atom. The van der Waals surface area contributed by atoms with Gasteiger partial charge in [-0.2, -0.15) is 0 Å². The van der Waals surface area contributed by atoms with Crippen LogP contribution in [0.2, 0.25) is 0 Å². The van der Waals surface area contributed by atoms with Gasteiger partial charge < -0.3 is 4.74 Å². The number of hydrogen-bond acceptors (Lipinski definition) is 4. The summed E-state index contributed by atoms with van der Waals surface area (Å²) in [5, 5.41) is 0. The van der Waals surface area contributed by atoms with Gasteiger partial charge in [-0.3, -0.25) is 4.90 Å². The Morgan fingerprint density at radius 1 is 1.33 bits per heavy atom. The van der Waals surface area contributed by atoms with Crippen molar-refractivity contribution in [2.24, 2.45) is 0 Å². The fraction of sp³-hybridized carbons (Fsp3) is 0.538. The van der Waals surface area contributed by atoms with E-state index in [9.17, 15) is 8.42 Å². The van der Waals surface area contributed by atoms with Crippen LogP contribution in [0.1, 0.15) is 5.56 Å². The smallest absolute Gasteiger partial charge is 0.150 e.